The molecule has 0 aliphatic carbocycles. The smallest absolute Gasteiger partial charge is 0.255 e. The second kappa shape index (κ2) is 9.69. The molecule has 1 saturated heterocycles. The van der Waals surface area contributed by atoms with Crippen LogP contribution in [0.2, 0.25) is 0 Å². The van der Waals surface area contributed by atoms with Crippen LogP contribution in [0.4, 0.5) is 0 Å². The molecule has 1 aromatic rings. The molecular weight excluding hydrogens is 348 g/mol. The Kier molecular flexibility index (Phi) is 7.59. The van der Waals surface area contributed by atoms with Gasteiger partial charge in [-0.05, 0) is 37.2 Å². The minimum atomic E-state index is -0.723. The Morgan fingerprint density at radius 2 is 2.00 bits per heavy atom. The van der Waals surface area contributed by atoms with Crippen molar-refractivity contribution < 1.29 is 23.5 Å². The molecule has 4 atom stereocenters. The first kappa shape index (κ1) is 21.2. The van der Waals surface area contributed by atoms with E-state index < -0.39 is 12.1 Å². The molecule has 1 aliphatic heterocycles. The van der Waals surface area contributed by atoms with Gasteiger partial charge in [-0.3, -0.25) is 14.4 Å². The molecule has 1 aromatic heterocycles. The zero-order chi connectivity index (χ0) is 20.0. The number of ether oxygens (including phenoxy) is 1. The molecule has 150 valence electrons. The lowest BCUT2D eigenvalue weighted by molar-refractivity contribution is -0.127. The summed E-state index contributed by atoms with van der Waals surface area (Å²) < 4.78 is 10.3. The number of ketones is 1. The molecule has 0 saturated carbocycles. The maximum Gasteiger partial charge on any atom is 0.255 e. The van der Waals surface area contributed by atoms with Crippen molar-refractivity contribution in [2.24, 2.45) is 11.8 Å². The number of rotatable bonds is 9. The topological polar surface area (TPSA) is 97.6 Å². The molecule has 0 radical (unpaired) electrons. The fourth-order valence-corrected chi connectivity index (χ4v) is 3.03. The van der Waals surface area contributed by atoms with E-state index in [2.05, 4.69) is 31.4 Å². The van der Waals surface area contributed by atoms with Crippen molar-refractivity contribution in [1.82, 2.24) is 10.6 Å². The summed E-state index contributed by atoms with van der Waals surface area (Å²) in [5.74, 6) is 0.0245. The molecule has 27 heavy (non-hydrogen) atoms. The average Bonchev–Trinajstić information content (AvgIpc) is 3.28. The van der Waals surface area contributed by atoms with Gasteiger partial charge < -0.3 is 19.8 Å². The van der Waals surface area contributed by atoms with Crippen LogP contribution in [0.1, 0.15) is 57.3 Å². The van der Waals surface area contributed by atoms with Crippen LogP contribution >= 0.6 is 0 Å². The minimum absolute atomic E-state index is 0.0138. The number of carbonyl (C=O) groups excluding carboxylic acids is 3. The predicted octanol–water partition coefficient (Wildman–Crippen LogP) is 2.31. The molecule has 7 nitrogen and oxygen atoms in total. The summed E-state index contributed by atoms with van der Waals surface area (Å²) in [6, 6.07) is 0.167. The van der Waals surface area contributed by atoms with E-state index in [0.29, 0.717) is 30.2 Å². The van der Waals surface area contributed by atoms with Gasteiger partial charge in [-0.1, -0.05) is 27.7 Å². The highest BCUT2D eigenvalue weighted by Gasteiger charge is 2.37. The molecule has 1 aliphatic rings. The largest absolute Gasteiger partial charge is 0.472 e. The Morgan fingerprint density at radius 3 is 2.59 bits per heavy atom. The second-order valence-electron chi connectivity index (χ2n) is 7.55. The average molecular weight is 378 g/mol. The van der Waals surface area contributed by atoms with E-state index in [-0.39, 0.29) is 30.3 Å². The molecule has 2 N–H and O–H groups in total. The van der Waals surface area contributed by atoms with Crippen molar-refractivity contribution in [1.29, 1.82) is 0 Å². The van der Waals surface area contributed by atoms with E-state index in [9.17, 15) is 14.4 Å². The predicted molar refractivity (Wildman–Crippen MR) is 100 cm³/mol. The molecule has 2 rings (SSSR count). The summed E-state index contributed by atoms with van der Waals surface area (Å²) in [5.41, 5.74) is 0.358. The van der Waals surface area contributed by atoms with Crippen molar-refractivity contribution in [3.05, 3.63) is 24.2 Å². The van der Waals surface area contributed by atoms with E-state index in [4.69, 9.17) is 9.15 Å². The third-order valence-electron chi connectivity index (χ3n) is 5.31. The third-order valence-corrected chi connectivity index (χ3v) is 5.31. The number of furan rings is 1. The number of nitrogens with one attached hydrogen (secondary N) is 2. The highest BCUT2D eigenvalue weighted by molar-refractivity contribution is 5.98. The van der Waals surface area contributed by atoms with Crippen molar-refractivity contribution in [2.45, 2.75) is 65.1 Å². The Morgan fingerprint density at radius 1 is 1.26 bits per heavy atom. The van der Waals surface area contributed by atoms with Gasteiger partial charge in [-0.2, -0.15) is 0 Å². The van der Waals surface area contributed by atoms with Gasteiger partial charge in [0.2, 0.25) is 5.91 Å². The minimum Gasteiger partial charge on any atom is -0.472 e. The first-order valence-corrected chi connectivity index (χ1v) is 9.61. The summed E-state index contributed by atoms with van der Waals surface area (Å²) >= 11 is 0. The quantitative estimate of drug-likeness (QED) is 0.687. The van der Waals surface area contributed by atoms with Gasteiger partial charge in [-0.15, -0.1) is 0 Å². The summed E-state index contributed by atoms with van der Waals surface area (Å²) in [5, 5.41) is 5.55. The first-order valence-electron chi connectivity index (χ1n) is 9.61. The lowest BCUT2D eigenvalue weighted by Gasteiger charge is -2.24. The van der Waals surface area contributed by atoms with Crippen molar-refractivity contribution in [2.75, 3.05) is 6.61 Å². The molecule has 2 amide bonds. The van der Waals surface area contributed by atoms with Crippen LogP contribution in [0.25, 0.3) is 0 Å². The van der Waals surface area contributed by atoms with E-state index in [1.54, 1.807) is 6.07 Å². The number of hydrogen-bond donors (Lipinski definition) is 2. The van der Waals surface area contributed by atoms with E-state index >= 15 is 0 Å². The number of hydrogen-bond acceptors (Lipinski definition) is 5. The Hall–Kier alpha value is -2.15. The summed E-state index contributed by atoms with van der Waals surface area (Å²) in [6.07, 6.45) is 4.34. The van der Waals surface area contributed by atoms with E-state index in [1.807, 2.05) is 6.92 Å². The molecule has 0 bridgehead atoms. The first-order chi connectivity index (χ1) is 12.8. The van der Waals surface area contributed by atoms with Gasteiger partial charge in [0, 0.05) is 0 Å². The van der Waals surface area contributed by atoms with E-state index in [1.165, 1.54) is 12.5 Å². The maximum absolute atomic E-state index is 12.8. The lowest BCUT2D eigenvalue weighted by Crippen LogP contribution is -2.53. The van der Waals surface area contributed by atoms with Crippen LogP contribution in [-0.2, 0) is 14.3 Å². The molecule has 2 heterocycles. The van der Waals surface area contributed by atoms with Gasteiger partial charge in [-0.25, -0.2) is 0 Å². The fourth-order valence-electron chi connectivity index (χ4n) is 3.03. The number of amides is 2. The number of carbonyl (C=O) groups is 3. The van der Waals surface area contributed by atoms with Crippen molar-refractivity contribution >= 4 is 17.6 Å². The van der Waals surface area contributed by atoms with Crippen LogP contribution in [0.3, 0.4) is 0 Å². The Balaban J connectivity index is 2.06. The van der Waals surface area contributed by atoms with Gasteiger partial charge >= 0.3 is 0 Å². The summed E-state index contributed by atoms with van der Waals surface area (Å²) in [6.45, 7) is 8.30. The molecule has 0 spiro atoms. The van der Waals surface area contributed by atoms with Crippen LogP contribution in [0.15, 0.2) is 23.0 Å². The highest BCUT2D eigenvalue weighted by Crippen LogP contribution is 2.18. The lowest BCUT2D eigenvalue weighted by atomic mass is 9.91. The van der Waals surface area contributed by atoms with Crippen molar-refractivity contribution in [3.8, 4) is 0 Å². The Bertz CT molecular complexity index is 641. The number of Topliss-reactive ketones (excluding diaryl/α,β-unsaturated/α-hetero) is 1. The second-order valence-corrected chi connectivity index (χ2v) is 7.55. The van der Waals surface area contributed by atoms with Crippen LogP contribution in [-0.4, -0.2) is 42.4 Å². The van der Waals surface area contributed by atoms with Gasteiger partial charge in [0.25, 0.3) is 5.91 Å². The maximum atomic E-state index is 12.8. The summed E-state index contributed by atoms with van der Waals surface area (Å²) in [4.78, 5) is 37.2. The molecule has 0 aromatic carbocycles. The highest BCUT2D eigenvalue weighted by atomic mass is 16.5. The standard InChI is InChI=1S/C20H30N2O5/c1-5-17-18(16(23)11-27-17)22-20(25)15(7-6-13(4)12(2)3)21-19(24)14-8-9-26-10-14/h8-10,12-13,15,17-18H,5-7,11H2,1-4H3,(H,21,24)(H,22,25). The van der Waals surface area contributed by atoms with Gasteiger partial charge in [0.15, 0.2) is 5.78 Å². The van der Waals surface area contributed by atoms with Crippen LogP contribution in [0, 0.1) is 11.8 Å². The zero-order valence-electron chi connectivity index (χ0n) is 16.5. The molecule has 1 fully saturated rings. The van der Waals surface area contributed by atoms with Crippen LogP contribution < -0.4 is 10.6 Å². The monoisotopic (exact) mass is 378 g/mol. The van der Waals surface area contributed by atoms with E-state index in [0.717, 1.165) is 6.42 Å². The normalized spacial score (nSPS) is 21.9. The van der Waals surface area contributed by atoms with Crippen molar-refractivity contribution in [3.63, 3.8) is 0 Å². The van der Waals surface area contributed by atoms with Crippen LogP contribution in [0.5, 0.6) is 0 Å². The zero-order valence-corrected chi connectivity index (χ0v) is 16.5. The summed E-state index contributed by atoms with van der Waals surface area (Å²) in [7, 11) is 0. The molecule has 7 heteroatoms. The molecule has 4 unspecified atom stereocenters. The SMILES string of the molecule is CCC1OCC(=O)C1NC(=O)C(CCC(C)C(C)C)NC(=O)c1ccoc1. The van der Waals surface area contributed by atoms with Gasteiger partial charge in [0.1, 0.15) is 25.0 Å². The third kappa shape index (κ3) is 5.66. The Labute approximate surface area is 160 Å². The molecular formula is C20H30N2O5. The van der Waals surface area contributed by atoms with Gasteiger partial charge in [0.05, 0.1) is 17.9 Å². The fraction of sp³-hybridized carbons (Fsp3) is 0.650.